The Balaban J connectivity index is 2.13. The van der Waals surface area contributed by atoms with Crippen molar-refractivity contribution in [3.8, 4) is 0 Å². The number of hydrogen-bond acceptors (Lipinski definition) is 1. The average molecular weight is 151 g/mol. The Labute approximate surface area is 66.7 Å². The second-order valence-electron chi connectivity index (χ2n) is 3.37. The van der Waals surface area contributed by atoms with E-state index in [-0.39, 0.29) is 5.91 Å². The van der Waals surface area contributed by atoms with Crippen molar-refractivity contribution < 1.29 is 4.79 Å². The maximum absolute atomic E-state index is 11.0. The van der Waals surface area contributed by atoms with Crippen molar-refractivity contribution in [1.29, 1.82) is 0 Å². The molecule has 1 aliphatic heterocycles. The van der Waals surface area contributed by atoms with E-state index in [1.165, 1.54) is 18.5 Å². The molecule has 2 aliphatic rings. The number of hydrogen-bond donors (Lipinski definition) is 1. The van der Waals surface area contributed by atoms with Gasteiger partial charge >= 0.3 is 0 Å². The van der Waals surface area contributed by atoms with Gasteiger partial charge in [0.25, 0.3) is 0 Å². The molecule has 1 saturated heterocycles. The van der Waals surface area contributed by atoms with Gasteiger partial charge in [0.2, 0.25) is 5.91 Å². The summed E-state index contributed by atoms with van der Waals surface area (Å²) in [5, 5.41) is 2.94. The number of nitrogens with one attached hydrogen (secondary N) is 1. The fraction of sp³-hybridized carbons (Fsp3) is 0.667. The van der Waals surface area contributed by atoms with Crippen LogP contribution in [0.4, 0.5) is 0 Å². The van der Waals surface area contributed by atoms with Gasteiger partial charge in [-0.3, -0.25) is 4.79 Å². The number of allylic oxidation sites excluding steroid dienone is 2. The molecule has 1 N–H and O–H groups in total. The van der Waals surface area contributed by atoms with E-state index in [9.17, 15) is 4.79 Å². The van der Waals surface area contributed by atoms with Crippen molar-refractivity contribution in [2.75, 3.05) is 0 Å². The van der Waals surface area contributed by atoms with Crippen LogP contribution < -0.4 is 5.32 Å². The molecule has 0 aromatic heterocycles. The number of amides is 1. The van der Waals surface area contributed by atoms with E-state index < -0.39 is 0 Å². The summed E-state index contributed by atoms with van der Waals surface area (Å²) in [6, 6.07) is 0. The van der Waals surface area contributed by atoms with Crippen LogP contribution in [-0.4, -0.2) is 5.91 Å². The van der Waals surface area contributed by atoms with Crippen LogP contribution in [0, 0.1) is 5.92 Å². The van der Waals surface area contributed by atoms with Crippen molar-refractivity contribution in [1.82, 2.24) is 5.32 Å². The van der Waals surface area contributed by atoms with Crippen LogP contribution in [0.3, 0.4) is 0 Å². The topological polar surface area (TPSA) is 29.1 Å². The Hall–Kier alpha value is -0.790. The molecule has 1 amide bonds. The molecule has 2 nitrogen and oxygen atoms in total. The molecule has 0 saturated carbocycles. The van der Waals surface area contributed by atoms with Crippen molar-refractivity contribution in [3.05, 3.63) is 11.8 Å². The maximum Gasteiger partial charge on any atom is 0.224 e. The quantitative estimate of drug-likeness (QED) is 0.559. The maximum atomic E-state index is 11.0. The predicted molar refractivity (Wildman–Crippen MR) is 42.8 cm³/mol. The molecule has 0 spiro atoms. The highest BCUT2D eigenvalue weighted by Crippen LogP contribution is 2.29. The van der Waals surface area contributed by atoms with Gasteiger partial charge in [0, 0.05) is 12.1 Å². The molecule has 1 heterocycles. The summed E-state index contributed by atoms with van der Waals surface area (Å²) in [4.78, 5) is 11.0. The summed E-state index contributed by atoms with van der Waals surface area (Å²) >= 11 is 0. The second-order valence-corrected chi connectivity index (χ2v) is 3.37. The van der Waals surface area contributed by atoms with Crippen LogP contribution >= 0.6 is 0 Å². The molecule has 0 aromatic rings. The van der Waals surface area contributed by atoms with E-state index in [0.29, 0.717) is 5.92 Å². The first kappa shape index (κ1) is 6.89. The summed E-state index contributed by atoms with van der Waals surface area (Å²) in [5.74, 6) is 0.871. The third-order valence-corrected chi connectivity index (χ3v) is 2.56. The van der Waals surface area contributed by atoms with Gasteiger partial charge in [-0.1, -0.05) is 6.08 Å². The lowest BCUT2D eigenvalue weighted by atomic mass is 9.86. The molecule has 1 atom stereocenters. The normalized spacial score (nSPS) is 30.4. The largest absolute Gasteiger partial charge is 0.330 e. The van der Waals surface area contributed by atoms with Crippen LogP contribution in [0.5, 0.6) is 0 Å². The number of piperidine rings is 1. The fourth-order valence-electron chi connectivity index (χ4n) is 1.93. The highest BCUT2D eigenvalue weighted by Gasteiger charge is 2.24. The minimum absolute atomic E-state index is 0.203. The second kappa shape index (κ2) is 2.68. The third kappa shape index (κ3) is 1.30. The van der Waals surface area contributed by atoms with Crippen LogP contribution in [0.2, 0.25) is 0 Å². The van der Waals surface area contributed by atoms with Crippen LogP contribution in [0.1, 0.15) is 32.1 Å². The molecule has 1 fully saturated rings. The van der Waals surface area contributed by atoms with Crippen LogP contribution in [-0.2, 0) is 4.79 Å². The average Bonchev–Trinajstić information content (AvgIpc) is 2.04. The predicted octanol–water partition coefficient (Wildman–Crippen LogP) is 1.58. The van der Waals surface area contributed by atoms with Crippen LogP contribution in [0.25, 0.3) is 0 Å². The SMILES string of the molecule is O=C1CCC2CCCC=C2N1. The number of carbonyl (C=O) groups is 1. The summed E-state index contributed by atoms with van der Waals surface area (Å²) in [7, 11) is 0. The molecule has 2 rings (SSSR count). The molecule has 11 heavy (non-hydrogen) atoms. The number of rotatable bonds is 0. The molecule has 60 valence electrons. The first-order valence-electron chi connectivity index (χ1n) is 4.36. The molecule has 1 unspecified atom stereocenters. The smallest absolute Gasteiger partial charge is 0.224 e. The zero-order valence-corrected chi connectivity index (χ0v) is 6.60. The summed E-state index contributed by atoms with van der Waals surface area (Å²) in [5.41, 5.74) is 1.20. The van der Waals surface area contributed by atoms with Crippen LogP contribution in [0.15, 0.2) is 11.8 Å². The van der Waals surface area contributed by atoms with E-state index in [2.05, 4.69) is 11.4 Å². The molecule has 1 aliphatic carbocycles. The van der Waals surface area contributed by atoms with E-state index in [1.807, 2.05) is 0 Å². The van der Waals surface area contributed by atoms with Gasteiger partial charge in [-0.15, -0.1) is 0 Å². The first-order valence-corrected chi connectivity index (χ1v) is 4.36. The molecule has 0 aromatic carbocycles. The van der Waals surface area contributed by atoms with Gasteiger partial charge in [0.05, 0.1) is 0 Å². The molecular weight excluding hydrogens is 138 g/mol. The van der Waals surface area contributed by atoms with Gasteiger partial charge in [-0.25, -0.2) is 0 Å². The van der Waals surface area contributed by atoms with Crippen molar-refractivity contribution in [3.63, 3.8) is 0 Å². The van der Waals surface area contributed by atoms with Gasteiger partial charge in [0.15, 0.2) is 0 Å². The minimum Gasteiger partial charge on any atom is -0.330 e. The Morgan fingerprint density at radius 2 is 2.36 bits per heavy atom. The zero-order valence-electron chi connectivity index (χ0n) is 6.60. The lowest BCUT2D eigenvalue weighted by Crippen LogP contribution is -2.33. The molecule has 0 radical (unpaired) electrons. The fourth-order valence-corrected chi connectivity index (χ4v) is 1.93. The van der Waals surface area contributed by atoms with Crippen molar-refractivity contribution in [2.24, 2.45) is 5.92 Å². The summed E-state index contributed by atoms with van der Waals surface area (Å²) in [6.07, 6.45) is 7.69. The van der Waals surface area contributed by atoms with Crippen molar-refractivity contribution >= 4 is 5.91 Å². The lowest BCUT2D eigenvalue weighted by molar-refractivity contribution is -0.121. The molecular formula is C9H13NO. The highest BCUT2D eigenvalue weighted by molar-refractivity contribution is 5.79. The standard InChI is InChI=1S/C9H13NO/c11-9-6-5-7-3-1-2-4-8(7)10-9/h4,7H,1-3,5-6H2,(H,10,11). The third-order valence-electron chi connectivity index (χ3n) is 2.56. The number of fused-ring (bicyclic) bond motifs is 1. The summed E-state index contributed by atoms with van der Waals surface area (Å²) in [6.45, 7) is 0. The van der Waals surface area contributed by atoms with Gasteiger partial charge in [-0.05, 0) is 31.6 Å². The van der Waals surface area contributed by atoms with Gasteiger partial charge in [-0.2, -0.15) is 0 Å². The van der Waals surface area contributed by atoms with E-state index in [0.717, 1.165) is 19.3 Å². The molecule has 0 bridgehead atoms. The Kier molecular flexibility index (Phi) is 1.68. The monoisotopic (exact) mass is 151 g/mol. The highest BCUT2D eigenvalue weighted by atomic mass is 16.1. The van der Waals surface area contributed by atoms with Crippen molar-refractivity contribution in [2.45, 2.75) is 32.1 Å². The molecule has 2 heteroatoms. The Morgan fingerprint density at radius 3 is 3.27 bits per heavy atom. The number of carbonyl (C=O) groups excluding carboxylic acids is 1. The van der Waals surface area contributed by atoms with Gasteiger partial charge < -0.3 is 5.32 Å². The Morgan fingerprint density at radius 1 is 1.45 bits per heavy atom. The van der Waals surface area contributed by atoms with E-state index in [1.54, 1.807) is 0 Å². The first-order chi connectivity index (χ1) is 5.36. The minimum atomic E-state index is 0.203. The van der Waals surface area contributed by atoms with E-state index >= 15 is 0 Å². The van der Waals surface area contributed by atoms with Gasteiger partial charge in [0.1, 0.15) is 0 Å². The zero-order chi connectivity index (χ0) is 7.68. The summed E-state index contributed by atoms with van der Waals surface area (Å²) < 4.78 is 0. The lowest BCUT2D eigenvalue weighted by Gasteiger charge is -2.28. The Bertz CT molecular complexity index is 208. The van der Waals surface area contributed by atoms with E-state index in [4.69, 9.17) is 0 Å².